The zero-order valence-electron chi connectivity index (χ0n) is 21.6. The molecule has 2 aromatic carbocycles. The van der Waals surface area contributed by atoms with Crippen LogP contribution in [0.3, 0.4) is 0 Å². The molecule has 5 aromatic rings. The van der Waals surface area contributed by atoms with Crippen LogP contribution in [0.25, 0.3) is 16.6 Å². The molecule has 10 nitrogen and oxygen atoms in total. The first kappa shape index (κ1) is 26.8. The number of nitrogens with two attached hydrogens (primary N) is 1. The number of sulfonamides is 1. The average molecular weight is 567 g/mol. The second-order valence-electron chi connectivity index (χ2n) is 9.15. The van der Waals surface area contributed by atoms with Gasteiger partial charge in [0.05, 0.1) is 41.3 Å². The number of rotatable bonds is 8. The Bertz CT molecular complexity index is 1880. The van der Waals surface area contributed by atoms with Gasteiger partial charge in [0.2, 0.25) is 27.4 Å². The number of ketones is 1. The summed E-state index contributed by atoms with van der Waals surface area (Å²) in [7, 11) is -3.49. The number of nitrogens with one attached hydrogen (secondary N) is 2. The van der Waals surface area contributed by atoms with E-state index in [1.54, 1.807) is 19.1 Å². The lowest BCUT2D eigenvalue weighted by Crippen LogP contribution is -2.11. The maximum Gasteiger partial charge on any atom is 0.229 e. The summed E-state index contributed by atoms with van der Waals surface area (Å²) in [5.74, 6) is -2.71. The minimum atomic E-state index is -3.49. The van der Waals surface area contributed by atoms with Crippen molar-refractivity contribution in [2.75, 3.05) is 16.7 Å². The van der Waals surface area contributed by atoms with Crippen LogP contribution in [0, 0.1) is 18.6 Å². The van der Waals surface area contributed by atoms with E-state index in [0.29, 0.717) is 28.9 Å². The normalized spacial score (nSPS) is 11.6. The number of para-hydroxylation sites is 1. The number of aromatic amines is 1. The summed E-state index contributed by atoms with van der Waals surface area (Å²) in [5.41, 5.74) is 9.45. The van der Waals surface area contributed by atoms with Crippen LogP contribution in [-0.4, -0.2) is 40.2 Å². The number of benzene rings is 2. The Hall–Kier alpha value is -4.78. The van der Waals surface area contributed by atoms with Crippen molar-refractivity contribution in [1.29, 1.82) is 0 Å². The smallest absolute Gasteiger partial charge is 0.229 e. The Morgan fingerprint density at radius 2 is 1.88 bits per heavy atom. The summed E-state index contributed by atoms with van der Waals surface area (Å²) in [6.45, 7) is 3.60. The maximum absolute atomic E-state index is 14.0. The standard InChI is InChI=1S/C27H24F2N6O4S/c1-4-15-9-16-10-22(33-20(16)11-21(15)34-40(3,37)38)25(36)17-12-32-35(27(17)30)23-13-31-24(8-14(23)2)39-26-18(28)6-5-7-19(26)29/h5-13,33-34H,4,30H2,1-3H3. The van der Waals surface area contributed by atoms with E-state index in [9.17, 15) is 22.0 Å². The van der Waals surface area contributed by atoms with Gasteiger partial charge in [-0.3, -0.25) is 9.52 Å². The number of nitrogens with zero attached hydrogens (tertiary/aromatic N) is 3. The average Bonchev–Trinajstić information content (AvgIpc) is 3.47. The largest absolute Gasteiger partial charge is 0.433 e. The molecule has 3 heterocycles. The molecular formula is C27H24F2N6O4S. The summed E-state index contributed by atoms with van der Waals surface area (Å²) in [4.78, 5) is 20.5. The number of carbonyl (C=O) groups excluding carboxylic acids is 1. The van der Waals surface area contributed by atoms with Crippen molar-refractivity contribution in [1.82, 2.24) is 19.7 Å². The van der Waals surface area contributed by atoms with Gasteiger partial charge in [-0.25, -0.2) is 26.9 Å². The molecule has 0 aliphatic heterocycles. The number of hydrogen-bond acceptors (Lipinski definition) is 7. The van der Waals surface area contributed by atoms with E-state index in [2.05, 4.69) is 19.8 Å². The number of hydrogen-bond donors (Lipinski definition) is 3. The fourth-order valence-electron chi connectivity index (χ4n) is 4.29. The van der Waals surface area contributed by atoms with Crippen molar-refractivity contribution in [3.63, 3.8) is 0 Å². The number of halogens is 2. The van der Waals surface area contributed by atoms with Gasteiger partial charge in [-0.2, -0.15) is 5.10 Å². The fourth-order valence-corrected chi connectivity index (χ4v) is 4.88. The number of aromatic nitrogens is 4. The van der Waals surface area contributed by atoms with E-state index in [0.717, 1.165) is 29.3 Å². The van der Waals surface area contributed by atoms with Crippen LogP contribution in [0.2, 0.25) is 0 Å². The lowest BCUT2D eigenvalue weighted by atomic mass is 10.1. The van der Waals surface area contributed by atoms with Gasteiger partial charge in [0.15, 0.2) is 11.6 Å². The molecule has 0 aliphatic rings. The van der Waals surface area contributed by atoms with E-state index in [1.165, 1.54) is 29.2 Å². The van der Waals surface area contributed by atoms with E-state index in [4.69, 9.17) is 10.5 Å². The number of H-pyrrole nitrogens is 1. The molecule has 0 radical (unpaired) electrons. The number of carbonyl (C=O) groups is 1. The van der Waals surface area contributed by atoms with Crippen molar-refractivity contribution in [2.24, 2.45) is 0 Å². The number of fused-ring (bicyclic) bond motifs is 1. The molecule has 0 unspecified atom stereocenters. The number of nitrogen functional groups attached to an aromatic ring is 1. The van der Waals surface area contributed by atoms with Crippen LogP contribution in [-0.2, 0) is 16.4 Å². The third-order valence-corrected chi connectivity index (χ3v) is 6.82. The van der Waals surface area contributed by atoms with Crippen LogP contribution < -0.4 is 15.2 Å². The Morgan fingerprint density at radius 3 is 2.52 bits per heavy atom. The first-order valence-corrected chi connectivity index (χ1v) is 13.9. The Balaban J connectivity index is 1.44. The number of ether oxygens (including phenoxy) is 1. The van der Waals surface area contributed by atoms with Gasteiger partial charge in [0.25, 0.3) is 0 Å². The second kappa shape index (κ2) is 10.1. The first-order valence-electron chi connectivity index (χ1n) is 12.1. The van der Waals surface area contributed by atoms with E-state index in [1.807, 2.05) is 13.0 Å². The van der Waals surface area contributed by atoms with E-state index >= 15 is 0 Å². The Morgan fingerprint density at radius 1 is 1.15 bits per heavy atom. The summed E-state index contributed by atoms with van der Waals surface area (Å²) >= 11 is 0. The third-order valence-electron chi connectivity index (χ3n) is 6.23. The Kier molecular flexibility index (Phi) is 6.75. The molecule has 0 atom stereocenters. The second-order valence-corrected chi connectivity index (χ2v) is 10.9. The predicted octanol–water partition coefficient (Wildman–Crippen LogP) is 4.87. The number of anilines is 2. The highest BCUT2D eigenvalue weighted by molar-refractivity contribution is 7.92. The summed E-state index contributed by atoms with van der Waals surface area (Å²) in [6, 6.07) is 9.96. The summed E-state index contributed by atoms with van der Waals surface area (Å²) < 4.78 is 60.6. The van der Waals surface area contributed by atoms with Gasteiger partial charge < -0.3 is 15.5 Å². The maximum atomic E-state index is 14.0. The first-order chi connectivity index (χ1) is 18.9. The van der Waals surface area contributed by atoms with Crippen LogP contribution in [0.4, 0.5) is 20.3 Å². The van der Waals surface area contributed by atoms with Crippen LogP contribution in [0.1, 0.15) is 34.1 Å². The lowest BCUT2D eigenvalue weighted by Gasteiger charge is -2.11. The van der Waals surface area contributed by atoms with E-state index < -0.39 is 33.2 Å². The minimum absolute atomic E-state index is 0.0402. The van der Waals surface area contributed by atoms with Crippen molar-refractivity contribution in [3.8, 4) is 17.3 Å². The van der Waals surface area contributed by atoms with Crippen molar-refractivity contribution in [2.45, 2.75) is 20.3 Å². The Labute approximate surface area is 227 Å². The van der Waals surface area contributed by atoms with Crippen LogP contribution in [0.15, 0.2) is 54.9 Å². The van der Waals surface area contributed by atoms with Gasteiger partial charge in [0.1, 0.15) is 5.82 Å². The molecule has 0 saturated heterocycles. The topological polar surface area (TPSA) is 145 Å². The zero-order valence-corrected chi connectivity index (χ0v) is 22.4. The summed E-state index contributed by atoms with van der Waals surface area (Å²) in [6.07, 6.45) is 4.35. The van der Waals surface area contributed by atoms with Crippen molar-refractivity contribution in [3.05, 3.63) is 88.9 Å². The lowest BCUT2D eigenvalue weighted by molar-refractivity contribution is 0.103. The van der Waals surface area contributed by atoms with Gasteiger partial charge in [0, 0.05) is 17.0 Å². The molecule has 40 heavy (non-hydrogen) atoms. The monoisotopic (exact) mass is 566 g/mol. The molecule has 0 spiro atoms. The van der Waals surface area contributed by atoms with Crippen LogP contribution >= 0.6 is 0 Å². The highest BCUT2D eigenvalue weighted by Crippen LogP contribution is 2.30. The molecule has 3 aromatic heterocycles. The van der Waals surface area contributed by atoms with Crippen molar-refractivity contribution >= 4 is 38.2 Å². The van der Waals surface area contributed by atoms with Gasteiger partial charge in [-0.15, -0.1) is 0 Å². The summed E-state index contributed by atoms with van der Waals surface area (Å²) in [5, 5.41) is 4.98. The SMILES string of the molecule is CCc1cc2cc(C(=O)c3cnn(-c4cnc(Oc5c(F)cccc5F)cc4C)c3N)[nH]c2cc1NS(C)(=O)=O. The quantitative estimate of drug-likeness (QED) is 0.227. The van der Waals surface area contributed by atoms with Gasteiger partial charge in [-0.05, 0) is 54.8 Å². The molecule has 4 N–H and O–H groups in total. The molecule has 0 bridgehead atoms. The molecule has 0 aliphatic carbocycles. The zero-order chi connectivity index (χ0) is 28.8. The molecule has 0 amide bonds. The van der Waals surface area contributed by atoms with Crippen molar-refractivity contribution < 1.29 is 26.7 Å². The fraction of sp³-hybridized carbons (Fsp3) is 0.148. The highest BCUT2D eigenvalue weighted by atomic mass is 32.2. The molecule has 206 valence electrons. The van der Waals surface area contributed by atoms with E-state index in [-0.39, 0.29) is 23.0 Å². The molecular weight excluding hydrogens is 542 g/mol. The number of aryl methyl sites for hydroxylation is 2. The molecule has 0 saturated carbocycles. The minimum Gasteiger partial charge on any atom is -0.433 e. The molecule has 5 rings (SSSR count). The van der Waals surface area contributed by atoms with Crippen LogP contribution in [0.5, 0.6) is 11.6 Å². The molecule has 0 fully saturated rings. The molecule has 13 heteroatoms. The third kappa shape index (κ3) is 5.10. The predicted molar refractivity (Wildman–Crippen MR) is 147 cm³/mol. The van der Waals surface area contributed by atoms with Gasteiger partial charge >= 0.3 is 0 Å². The highest BCUT2D eigenvalue weighted by Gasteiger charge is 2.22. The number of pyridine rings is 1. The van der Waals surface area contributed by atoms with Gasteiger partial charge in [-0.1, -0.05) is 13.0 Å².